The van der Waals surface area contributed by atoms with Crippen LogP contribution in [0.4, 0.5) is 0 Å². The SMILES string of the molecule is CCOC(=O)/C=C(\C)c1cc2cccc(-c3cc(C(C)(C)C)cc(C(C)(C)C)c3OCC)c2o1. The molecule has 4 nitrogen and oxygen atoms in total. The minimum Gasteiger partial charge on any atom is -0.493 e. The maximum Gasteiger partial charge on any atom is 0.331 e. The molecule has 0 unspecified atom stereocenters. The molecule has 182 valence electrons. The van der Waals surface area contributed by atoms with Gasteiger partial charge in [-0.15, -0.1) is 0 Å². The van der Waals surface area contributed by atoms with Crippen LogP contribution >= 0.6 is 0 Å². The van der Waals surface area contributed by atoms with Gasteiger partial charge in [0.15, 0.2) is 0 Å². The second-order valence-electron chi connectivity index (χ2n) is 10.7. The Morgan fingerprint density at radius 3 is 2.24 bits per heavy atom. The lowest BCUT2D eigenvalue weighted by atomic mass is 9.78. The zero-order valence-electron chi connectivity index (χ0n) is 22.1. The Kier molecular flexibility index (Phi) is 7.30. The maximum atomic E-state index is 12.0. The number of furan rings is 1. The van der Waals surface area contributed by atoms with Crippen molar-refractivity contribution in [3.8, 4) is 16.9 Å². The molecular weight excluding hydrogens is 424 g/mol. The van der Waals surface area contributed by atoms with Crippen LogP contribution in [0.25, 0.3) is 27.7 Å². The van der Waals surface area contributed by atoms with Gasteiger partial charge in [-0.2, -0.15) is 0 Å². The van der Waals surface area contributed by atoms with Crippen molar-refractivity contribution in [1.29, 1.82) is 0 Å². The molecule has 1 heterocycles. The third kappa shape index (κ3) is 5.38. The quantitative estimate of drug-likeness (QED) is 0.274. The summed E-state index contributed by atoms with van der Waals surface area (Å²) in [6.45, 7) is 19.9. The lowest BCUT2D eigenvalue weighted by Crippen LogP contribution is -2.18. The molecule has 0 saturated carbocycles. The van der Waals surface area contributed by atoms with Gasteiger partial charge in [0, 0.05) is 28.2 Å². The number of para-hydroxylation sites is 1. The summed E-state index contributed by atoms with van der Waals surface area (Å²) in [7, 11) is 0. The number of carbonyl (C=O) groups excluding carboxylic acids is 1. The van der Waals surface area contributed by atoms with Gasteiger partial charge in [0.2, 0.25) is 0 Å². The first-order valence-corrected chi connectivity index (χ1v) is 12.1. The Labute approximate surface area is 204 Å². The highest BCUT2D eigenvalue weighted by molar-refractivity contribution is 5.97. The number of ether oxygens (including phenoxy) is 2. The Balaban J connectivity index is 2.30. The molecule has 3 aromatic rings. The van der Waals surface area contributed by atoms with E-state index in [0.29, 0.717) is 19.0 Å². The number of hydrogen-bond acceptors (Lipinski definition) is 4. The van der Waals surface area contributed by atoms with E-state index in [1.165, 1.54) is 17.2 Å². The molecule has 0 aliphatic heterocycles. The summed E-state index contributed by atoms with van der Waals surface area (Å²) in [5.41, 5.74) is 5.82. The molecular formula is C30H38O4. The van der Waals surface area contributed by atoms with Gasteiger partial charge in [-0.05, 0) is 54.9 Å². The van der Waals surface area contributed by atoms with E-state index in [-0.39, 0.29) is 16.8 Å². The number of fused-ring (bicyclic) bond motifs is 1. The number of allylic oxidation sites excluding steroid dienone is 1. The number of hydrogen-bond donors (Lipinski definition) is 0. The standard InChI is InChI=1S/C30H38O4/c1-10-32-26(31)15-19(3)25-16-20-13-12-14-22(27(20)34-25)23-17-21(29(4,5)6)18-24(30(7,8)9)28(23)33-11-2/h12-18H,10-11H2,1-9H3/b19-15+. The zero-order valence-corrected chi connectivity index (χ0v) is 22.1. The van der Waals surface area contributed by atoms with Crippen molar-refractivity contribution in [2.45, 2.75) is 73.1 Å². The van der Waals surface area contributed by atoms with Crippen LogP contribution < -0.4 is 4.74 Å². The molecule has 3 rings (SSSR count). The largest absolute Gasteiger partial charge is 0.493 e. The number of benzene rings is 2. The molecule has 0 aliphatic carbocycles. The number of esters is 1. The van der Waals surface area contributed by atoms with Crippen LogP contribution in [0.2, 0.25) is 0 Å². The lowest BCUT2D eigenvalue weighted by molar-refractivity contribution is -0.137. The average Bonchev–Trinajstić information content (AvgIpc) is 3.17. The molecule has 0 fully saturated rings. The highest BCUT2D eigenvalue weighted by Gasteiger charge is 2.27. The molecule has 0 bridgehead atoms. The fourth-order valence-corrected chi connectivity index (χ4v) is 4.02. The Bertz CT molecular complexity index is 1210. The molecule has 0 saturated heterocycles. The third-order valence-corrected chi connectivity index (χ3v) is 5.90. The van der Waals surface area contributed by atoms with Crippen LogP contribution in [0.15, 0.2) is 46.9 Å². The van der Waals surface area contributed by atoms with E-state index >= 15 is 0 Å². The highest BCUT2D eigenvalue weighted by Crippen LogP contribution is 2.45. The minimum atomic E-state index is -0.369. The highest BCUT2D eigenvalue weighted by atomic mass is 16.5. The monoisotopic (exact) mass is 462 g/mol. The van der Waals surface area contributed by atoms with Crippen molar-refractivity contribution in [2.75, 3.05) is 13.2 Å². The fraction of sp³-hybridized carbons (Fsp3) is 0.433. The topological polar surface area (TPSA) is 48.7 Å². The second-order valence-corrected chi connectivity index (χ2v) is 10.7. The second kappa shape index (κ2) is 9.69. The Hall–Kier alpha value is -3.01. The number of rotatable bonds is 6. The van der Waals surface area contributed by atoms with Crippen molar-refractivity contribution in [1.82, 2.24) is 0 Å². The predicted molar refractivity (Wildman–Crippen MR) is 141 cm³/mol. The van der Waals surface area contributed by atoms with Gasteiger partial charge >= 0.3 is 5.97 Å². The first-order chi connectivity index (χ1) is 15.9. The predicted octanol–water partition coefficient (Wildman–Crippen LogP) is 8.06. The van der Waals surface area contributed by atoms with Crippen molar-refractivity contribution >= 4 is 22.5 Å². The molecule has 0 spiro atoms. The van der Waals surface area contributed by atoms with Crippen LogP contribution in [-0.2, 0) is 20.4 Å². The summed E-state index contributed by atoms with van der Waals surface area (Å²) >= 11 is 0. The summed E-state index contributed by atoms with van der Waals surface area (Å²) in [6.07, 6.45) is 1.48. The molecule has 0 radical (unpaired) electrons. The van der Waals surface area contributed by atoms with Crippen LogP contribution in [0, 0.1) is 0 Å². The number of carbonyl (C=O) groups is 1. The molecule has 2 aromatic carbocycles. The Morgan fingerprint density at radius 1 is 0.941 bits per heavy atom. The molecule has 0 N–H and O–H groups in total. The first-order valence-electron chi connectivity index (χ1n) is 12.1. The van der Waals surface area contributed by atoms with Crippen molar-refractivity contribution in [2.24, 2.45) is 0 Å². The van der Waals surface area contributed by atoms with Crippen LogP contribution in [0.5, 0.6) is 5.75 Å². The van der Waals surface area contributed by atoms with Crippen molar-refractivity contribution < 1.29 is 18.7 Å². The van der Waals surface area contributed by atoms with Crippen LogP contribution in [0.3, 0.4) is 0 Å². The van der Waals surface area contributed by atoms with E-state index < -0.39 is 0 Å². The average molecular weight is 463 g/mol. The van der Waals surface area contributed by atoms with Crippen molar-refractivity contribution in [3.05, 3.63) is 59.4 Å². The summed E-state index contributed by atoms with van der Waals surface area (Å²) in [5, 5.41) is 0.977. The minimum absolute atomic E-state index is 0.0271. The van der Waals surface area contributed by atoms with Crippen LogP contribution in [-0.4, -0.2) is 19.2 Å². The molecule has 34 heavy (non-hydrogen) atoms. The molecule has 0 amide bonds. The van der Waals surface area contributed by atoms with E-state index in [9.17, 15) is 4.79 Å². The van der Waals surface area contributed by atoms with Gasteiger partial charge < -0.3 is 13.9 Å². The van der Waals surface area contributed by atoms with E-state index in [1.54, 1.807) is 6.92 Å². The zero-order chi connectivity index (χ0) is 25.3. The van der Waals surface area contributed by atoms with Gasteiger partial charge in [0.1, 0.15) is 17.1 Å². The summed E-state index contributed by atoms with van der Waals surface area (Å²) in [4.78, 5) is 12.0. The van der Waals surface area contributed by atoms with Crippen LogP contribution in [0.1, 0.15) is 79.2 Å². The lowest BCUT2D eigenvalue weighted by Gasteiger charge is -2.29. The normalized spacial score (nSPS) is 12.8. The van der Waals surface area contributed by atoms with E-state index in [2.05, 4.69) is 59.7 Å². The summed E-state index contributed by atoms with van der Waals surface area (Å²) < 4.78 is 17.7. The Morgan fingerprint density at radius 2 is 1.65 bits per heavy atom. The van der Waals surface area contributed by atoms with Gasteiger partial charge in [0.05, 0.1) is 13.2 Å². The van der Waals surface area contributed by atoms with Gasteiger partial charge in [-0.1, -0.05) is 65.8 Å². The van der Waals surface area contributed by atoms with Gasteiger partial charge in [0.25, 0.3) is 0 Å². The molecule has 0 aliphatic rings. The van der Waals surface area contributed by atoms with E-state index in [0.717, 1.165) is 33.4 Å². The van der Waals surface area contributed by atoms with Gasteiger partial charge in [-0.3, -0.25) is 0 Å². The van der Waals surface area contributed by atoms with Gasteiger partial charge in [-0.25, -0.2) is 4.79 Å². The smallest absolute Gasteiger partial charge is 0.331 e. The fourth-order valence-electron chi connectivity index (χ4n) is 4.02. The summed E-state index contributed by atoms with van der Waals surface area (Å²) in [6, 6.07) is 12.6. The van der Waals surface area contributed by atoms with E-state index in [4.69, 9.17) is 13.9 Å². The first kappa shape index (κ1) is 25.6. The molecule has 4 heteroatoms. The van der Waals surface area contributed by atoms with E-state index in [1.807, 2.05) is 32.0 Å². The maximum absolute atomic E-state index is 12.0. The summed E-state index contributed by atoms with van der Waals surface area (Å²) in [5.74, 6) is 1.18. The van der Waals surface area contributed by atoms with Crippen molar-refractivity contribution in [3.63, 3.8) is 0 Å². The molecule has 0 atom stereocenters. The third-order valence-electron chi connectivity index (χ3n) is 5.90. The molecule has 1 aromatic heterocycles.